The summed E-state index contributed by atoms with van der Waals surface area (Å²) in [5, 5.41) is 7.39. The molecule has 0 saturated carbocycles. The van der Waals surface area contributed by atoms with E-state index in [1.165, 1.54) is 0 Å². The Balaban J connectivity index is 0. The van der Waals surface area contributed by atoms with Gasteiger partial charge in [0.25, 0.3) is 6.43 Å². The van der Waals surface area contributed by atoms with Crippen LogP contribution in [0.3, 0.4) is 0 Å². The third-order valence-corrected chi connectivity index (χ3v) is 0.138. The number of rotatable bonds is 1. The van der Waals surface area contributed by atoms with Crippen LogP contribution in [0.25, 0.3) is 0 Å². The maximum absolute atomic E-state index is 10.5. The molecule has 0 fully saturated rings. The molecule has 0 aliphatic heterocycles. The molecule has 0 saturated heterocycles. The molecule has 0 heterocycles. The van der Waals surface area contributed by atoms with Gasteiger partial charge in [0, 0.05) is 0 Å². The van der Waals surface area contributed by atoms with Gasteiger partial charge in [0.15, 0.2) is 0 Å². The van der Waals surface area contributed by atoms with E-state index >= 15 is 0 Å². The van der Waals surface area contributed by atoms with Gasteiger partial charge in [-0.1, -0.05) is 0 Å². The molecule has 0 aromatic carbocycles. The zero-order valence-electron chi connectivity index (χ0n) is 2.90. The van der Waals surface area contributed by atoms with Gasteiger partial charge in [-0.05, 0) is 0 Å². The minimum atomic E-state index is -2.56. The van der Waals surface area contributed by atoms with Crippen molar-refractivity contribution in [3.8, 4) is 0 Å². The Bertz CT molecular complexity index is 25.5. The highest BCUT2D eigenvalue weighted by Crippen LogP contribution is 1.84. The van der Waals surface area contributed by atoms with Crippen molar-refractivity contribution < 1.29 is 13.9 Å². The molecule has 0 bridgehead atoms. The first kappa shape index (κ1) is 9.44. The van der Waals surface area contributed by atoms with Crippen molar-refractivity contribution in [2.75, 3.05) is 6.61 Å². The first-order valence-electron chi connectivity index (χ1n) is 1.16. The molecule has 0 aromatic rings. The van der Waals surface area contributed by atoms with Crippen LogP contribution in [0.4, 0.5) is 8.78 Å². The van der Waals surface area contributed by atoms with Crippen LogP contribution in [0.15, 0.2) is 0 Å². The summed E-state index contributed by atoms with van der Waals surface area (Å²) in [4.78, 5) is 0. The number of hydrogen-bond acceptors (Lipinski definition) is 1. The molecule has 0 rings (SSSR count). The van der Waals surface area contributed by atoms with Crippen molar-refractivity contribution in [1.29, 1.82) is 0 Å². The van der Waals surface area contributed by atoms with Crippen LogP contribution < -0.4 is 0 Å². The zero-order chi connectivity index (χ0) is 4.28. The molecule has 0 aromatic heterocycles. The number of hydrogen-bond donors (Lipinski definition) is 1. The average Bonchev–Trinajstić information content (AvgIpc) is 1.38. The Hall–Kier alpha value is 0.110. The van der Waals surface area contributed by atoms with Gasteiger partial charge in [-0.2, -0.15) is 0 Å². The molecule has 0 atom stereocenters. The summed E-state index contributed by atoms with van der Waals surface area (Å²) in [7, 11) is 0. The lowest BCUT2D eigenvalue weighted by Crippen LogP contribution is -1.94. The van der Waals surface area contributed by atoms with Crippen LogP contribution in [0.2, 0.25) is 0 Å². The topological polar surface area (TPSA) is 20.2 Å². The minimum Gasteiger partial charge on any atom is -0.390 e. The standard InChI is InChI=1S/C2H4F2O.ClH/c3-2(4)1-5;/h2,5H,1H2;1H. The Morgan fingerprint density at radius 2 is 1.67 bits per heavy atom. The summed E-state index contributed by atoms with van der Waals surface area (Å²) >= 11 is 0. The summed E-state index contributed by atoms with van der Waals surface area (Å²) in [6, 6.07) is 0. The first-order chi connectivity index (χ1) is 2.27. The summed E-state index contributed by atoms with van der Waals surface area (Å²) in [6.45, 7) is -1.03. The lowest BCUT2D eigenvalue weighted by atomic mass is 10.8. The Labute approximate surface area is 40.4 Å². The summed E-state index contributed by atoms with van der Waals surface area (Å²) in [6.07, 6.45) is -2.56. The average molecular weight is 119 g/mol. The molecule has 0 unspecified atom stereocenters. The Kier molecular flexibility index (Phi) is 8.04. The fourth-order valence-electron chi connectivity index (χ4n) is 0. The largest absolute Gasteiger partial charge is 0.390 e. The van der Waals surface area contributed by atoms with E-state index in [0.29, 0.717) is 0 Å². The maximum Gasteiger partial charge on any atom is 0.261 e. The summed E-state index contributed by atoms with van der Waals surface area (Å²) < 4.78 is 21.0. The fourth-order valence-corrected chi connectivity index (χ4v) is 0. The molecular weight excluding hydrogens is 113 g/mol. The second-order valence-corrected chi connectivity index (χ2v) is 0.574. The van der Waals surface area contributed by atoms with Crippen LogP contribution in [0.1, 0.15) is 0 Å². The van der Waals surface area contributed by atoms with Gasteiger partial charge in [0.1, 0.15) is 6.61 Å². The van der Waals surface area contributed by atoms with Crippen LogP contribution in [-0.4, -0.2) is 18.1 Å². The second kappa shape index (κ2) is 5.11. The van der Waals surface area contributed by atoms with E-state index in [1.54, 1.807) is 0 Å². The lowest BCUT2D eigenvalue weighted by molar-refractivity contribution is 0.0700. The van der Waals surface area contributed by atoms with Crippen molar-refractivity contribution in [2.24, 2.45) is 0 Å². The van der Waals surface area contributed by atoms with Gasteiger partial charge in [0.05, 0.1) is 0 Å². The smallest absolute Gasteiger partial charge is 0.261 e. The van der Waals surface area contributed by atoms with Gasteiger partial charge < -0.3 is 5.11 Å². The second-order valence-electron chi connectivity index (χ2n) is 0.574. The van der Waals surface area contributed by atoms with Gasteiger partial charge in [-0.3, -0.25) is 0 Å². The van der Waals surface area contributed by atoms with Crippen LogP contribution in [0, 0.1) is 0 Å². The van der Waals surface area contributed by atoms with Crippen molar-refractivity contribution in [1.82, 2.24) is 0 Å². The lowest BCUT2D eigenvalue weighted by Gasteiger charge is -1.81. The highest BCUT2D eigenvalue weighted by atomic mass is 35.5. The molecule has 4 heteroatoms. The van der Waals surface area contributed by atoms with Gasteiger partial charge in [-0.15, -0.1) is 12.4 Å². The number of aliphatic hydroxyl groups excluding tert-OH is 1. The van der Waals surface area contributed by atoms with Gasteiger partial charge in [0.2, 0.25) is 0 Å². The number of alkyl halides is 2. The quantitative estimate of drug-likeness (QED) is 0.537. The molecule has 1 N–H and O–H groups in total. The normalized spacial score (nSPS) is 8.00. The van der Waals surface area contributed by atoms with Crippen LogP contribution >= 0.6 is 12.4 Å². The first-order valence-corrected chi connectivity index (χ1v) is 1.16. The van der Waals surface area contributed by atoms with Crippen molar-refractivity contribution >= 4 is 12.4 Å². The maximum atomic E-state index is 10.5. The van der Waals surface area contributed by atoms with E-state index in [2.05, 4.69) is 0 Å². The summed E-state index contributed by atoms with van der Waals surface area (Å²) in [5.41, 5.74) is 0. The molecular formula is C2H5ClF2O. The predicted molar refractivity (Wildman–Crippen MR) is 20.3 cm³/mol. The molecule has 6 heavy (non-hydrogen) atoms. The van der Waals surface area contributed by atoms with E-state index in [-0.39, 0.29) is 12.4 Å². The third-order valence-electron chi connectivity index (χ3n) is 0.138. The molecule has 0 amide bonds. The number of halogens is 3. The predicted octanol–water partition coefficient (Wildman–Crippen LogP) is 0.666. The van der Waals surface area contributed by atoms with Crippen LogP contribution in [-0.2, 0) is 0 Å². The molecule has 0 aliphatic carbocycles. The van der Waals surface area contributed by atoms with Gasteiger partial charge >= 0.3 is 0 Å². The fraction of sp³-hybridized carbons (Fsp3) is 1.00. The SMILES string of the molecule is Cl.OCC(F)F. The third kappa shape index (κ3) is 8.93. The monoisotopic (exact) mass is 118 g/mol. The van der Waals surface area contributed by atoms with Crippen molar-refractivity contribution in [2.45, 2.75) is 6.43 Å². The molecule has 0 aliphatic rings. The number of aliphatic hydroxyl groups is 1. The van der Waals surface area contributed by atoms with E-state index in [1.807, 2.05) is 0 Å². The molecule has 40 valence electrons. The van der Waals surface area contributed by atoms with E-state index in [0.717, 1.165) is 0 Å². The molecule has 0 spiro atoms. The molecule has 1 nitrogen and oxygen atoms in total. The highest BCUT2D eigenvalue weighted by molar-refractivity contribution is 5.85. The Morgan fingerprint density at radius 1 is 1.50 bits per heavy atom. The highest BCUT2D eigenvalue weighted by Gasteiger charge is 1.92. The molecule has 0 radical (unpaired) electrons. The van der Waals surface area contributed by atoms with E-state index in [4.69, 9.17) is 5.11 Å². The van der Waals surface area contributed by atoms with Crippen molar-refractivity contribution in [3.05, 3.63) is 0 Å². The van der Waals surface area contributed by atoms with Crippen LogP contribution in [0.5, 0.6) is 0 Å². The van der Waals surface area contributed by atoms with Crippen molar-refractivity contribution in [3.63, 3.8) is 0 Å². The van der Waals surface area contributed by atoms with E-state index in [9.17, 15) is 8.78 Å². The van der Waals surface area contributed by atoms with E-state index < -0.39 is 13.0 Å². The zero-order valence-corrected chi connectivity index (χ0v) is 3.71. The summed E-state index contributed by atoms with van der Waals surface area (Å²) in [5.74, 6) is 0. The van der Waals surface area contributed by atoms with Gasteiger partial charge in [-0.25, -0.2) is 8.78 Å². The Morgan fingerprint density at radius 3 is 1.67 bits per heavy atom. The minimum absolute atomic E-state index is 0.